The molecule has 0 heterocycles. The summed E-state index contributed by atoms with van der Waals surface area (Å²) in [5.74, 6) is -3.80. The SMILES string of the molecule is CC1=CC(O)C(C)C=C1.CC1=CC=C(C(=O)O)CC1O.CC1C(O)C=C(C(=O)O)CC1O.CC1C(O)CC(O)(C(=O)O)CC1O. The molecule has 8 unspecified atom stereocenters. The summed E-state index contributed by atoms with van der Waals surface area (Å²) in [5.41, 5.74) is 0.345. The molecule has 0 aromatic carbocycles. The standard InChI is InChI=1S/C8H14O5.C8H12O4.C8H10O3.C8H12O/c1-4-5(9)2-8(13,7(11)12)3-6(4)10;1-4-6(9)2-5(8(11)12)3-7(4)10;1-5-2-3-6(8(10)11)4-7(5)9;1-6-3-4-7(2)8(9)5-6/h4-6,9-10,13H,2-3H2,1H3,(H,11,12);2,4,6-7,9-10H,3H2,1H3,(H,11,12);2-3,7,9H,4H2,1H3,(H,10,11);3-5,7-9H,1-2H3. The summed E-state index contributed by atoms with van der Waals surface area (Å²) >= 11 is 0. The highest BCUT2D eigenvalue weighted by Crippen LogP contribution is 2.32. The van der Waals surface area contributed by atoms with Crippen LogP contribution in [0.2, 0.25) is 0 Å². The summed E-state index contributed by atoms with van der Waals surface area (Å²) in [6, 6.07) is 0. The highest BCUT2D eigenvalue weighted by molar-refractivity contribution is 5.87. The van der Waals surface area contributed by atoms with Gasteiger partial charge in [-0.3, -0.25) is 0 Å². The molecule has 13 heteroatoms. The smallest absolute Gasteiger partial charge is 0.335 e. The second-order valence-electron chi connectivity index (χ2n) is 12.1. The fraction of sp³-hybridized carbons (Fsp3) is 0.594. The fourth-order valence-corrected chi connectivity index (χ4v) is 4.63. The summed E-state index contributed by atoms with van der Waals surface area (Å²) in [4.78, 5) is 31.5. The molecule has 0 spiro atoms. The summed E-state index contributed by atoms with van der Waals surface area (Å²) in [5, 5.41) is 91.0. The first-order valence-electron chi connectivity index (χ1n) is 14.7. The lowest BCUT2D eigenvalue weighted by molar-refractivity contribution is -0.177. The number of aliphatic carboxylic acids is 3. The van der Waals surface area contributed by atoms with Crippen LogP contribution in [0.4, 0.5) is 0 Å². The van der Waals surface area contributed by atoms with Crippen molar-refractivity contribution in [3.05, 3.63) is 58.7 Å². The maximum atomic E-state index is 10.6. The van der Waals surface area contributed by atoms with E-state index in [4.69, 9.17) is 15.3 Å². The first-order valence-corrected chi connectivity index (χ1v) is 14.7. The van der Waals surface area contributed by atoms with Crippen LogP contribution in [0.15, 0.2) is 58.7 Å². The molecule has 4 aliphatic carbocycles. The average Bonchev–Trinajstić information content (AvgIpc) is 2.94. The van der Waals surface area contributed by atoms with Gasteiger partial charge in [0.2, 0.25) is 0 Å². The third kappa shape index (κ3) is 12.3. The van der Waals surface area contributed by atoms with Gasteiger partial charge in [0.25, 0.3) is 0 Å². The Balaban J connectivity index is 0.000000302. The van der Waals surface area contributed by atoms with E-state index >= 15 is 0 Å². The van der Waals surface area contributed by atoms with Gasteiger partial charge in [-0.2, -0.15) is 0 Å². The second-order valence-corrected chi connectivity index (χ2v) is 12.1. The Morgan fingerprint density at radius 2 is 1.24 bits per heavy atom. The van der Waals surface area contributed by atoms with Crippen LogP contribution < -0.4 is 0 Å². The van der Waals surface area contributed by atoms with E-state index in [-0.39, 0.29) is 60.7 Å². The fourth-order valence-electron chi connectivity index (χ4n) is 4.63. The Kier molecular flexibility index (Phi) is 15.5. The third-order valence-electron chi connectivity index (χ3n) is 8.32. The monoisotopic (exact) mass is 640 g/mol. The van der Waals surface area contributed by atoms with E-state index in [1.165, 1.54) is 12.2 Å². The molecule has 0 bridgehead atoms. The van der Waals surface area contributed by atoms with Crippen molar-refractivity contribution in [1.82, 2.24) is 0 Å². The number of allylic oxidation sites excluding steroid dienone is 4. The van der Waals surface area contributed by atoms with E-state index in [1.807, 2.05) is 32.1 Å². The summed E-state index contributed by atoms with van der Waals surface area (Å²) < 4.78 is 0. The lowest BCUT2D eigenvalue weighted by Gasteiger charge is -2.38. The van der Waals surface area contributed by atoms with Crippen LogP contribution in [0, 0.1) is 17.8 Å². The van der Waals surface area contributed by atoms with Crippen molar-refractivity contribution in [2.75, 3.05) is 0 Å². The topological polar surface area (TPSA) is 254 Å². The van der Waals surface area contributed by atoms with Crippen LogP contribution in [0.1, 0.15) is 60.3 Å². The largest absolute Gasteiger partial charge is 0.479 e. The lowest BCUT2D eigenvalue weighted by Crippen LogP contribution is -2.52. The third-order valence-corrected chi connectivity index (χ3v) is 8.32. The summed E-state index contributed by atoms with van der Waals surface area (Å²) in [6.07, 6.45) is 5.88. The first-order chi connectivity index (χ1) is 20.7. The van der Waals surface area contributed by atoms with Gasteiger partial charge in [0.15, 0.2) is 5.60 Å². The van der Waals surface area contributed by atoms with Gasteiger partial charge in [0.05, 0.1) is 36.6 Å². The molecule has 0 radical (unpaired) electrons. The molecule has 0 saturated heterocycles. The van der Waals surface area contributed by atoms with Gasteiger partial charge in [-0.1, -0.05) is 56.7 Å². The molecule has 0 amide bonds. The van der Waals surface area contributed by atoms with Crippen molar-refractivity contribution in [3.8, 4) is 0 Å². The number of rotatable bonds is 3. The molecule has 0 aliphatic heterocycles. The Morgan fingerprint density at radius 1 is 0.711 bits per heavy atom. The number of aliphatic hydroxyl groups excluding tert-OH is 6. The van der Waals surface area contributed by atoms with E-state index in [0.29, 0.717) is 0 Å². The number of aliphatic hydroxyl groups is 7. The molecule has 0 aromatic heterocycles. The first kappa shape index (κ1) is 39.9. The van der Waals surface area contributed by atoms with Gasteiger partial charge in [-0.25, -0.2) is 14.4 Å². The van der Waals surface area contributed by atoms with E-state index < -0.39 is 54.0 Å². The normalized spacial score (nSPS) is 35.6. The minimum Gasteiger partial charge on any atom is -0.479 e. The Morgan fingerprint density at radius 3 is 1.64 bits per heavy atom. The minimum absolute atomic E-state index is 0.0908. The van der Waals surface area contributed by atoms with Crippen molar-refractivity contribution in [2.24, 2.45) is 17.8 Å². The number of hydrogen-bond acceptors (Lipinski definition) is 10. The molecule has 10 N–H and O–H groups in total. The minimum atomic E-state index is -1.98. The molecule has 8 atom stereocenters. The second kappa shape index (κ2) is 17.5. The van der Waals surface area contributed by atoms with E-state index in [0.717, 1.165) is 11.1 Å². The molecule has 1 fully saturated rings. The van der Waals surface area contributed by atoms with Crippen LogP contribution in [0.5, 0.6) is 0 Å². The predicted molar refractivity (Wildman–Crippen MR) is 163 cm³/mol. The van der Waals surface area contributed by atoms with E-state index in [2.05, 4.69) is 0 Å². The molecule has 254 valence electrons. The van der Waals surface area contributed by atoms with Crippen molar-refractivity contribution < 1.29 is 65.4 Å². The van der Waals surface area contributed by atoms with Crippen molar-refractivity contribution in [3.63, 3.8) is 0 Å². The molecule has 4 aliphatic rings. The maximum absolute atomic E-state index is 10.6. The van der Waals surface area contributed by atoms with Gasteiger partial charge in [0, 0.05) is 54.6 Å². The molecule has 0 aromatic rings. The van der Waals surface area contributed by atoms with Crippen LogP contribution in [-0.2, 0) is 14.4 Å². The zero-order chi connectivity index (χ0) is 34.8. The average molecular weight is 641 g/mol. The summed E-state index contributed by atoms with van der Waals surface area (Å²) in [6.45, 7) is 9.08. The quantitative estimate of drug-likeness (QED) is 0.206. The molecule has 4 rings (SSSR count). The number of carboxylic acid groups (broad SMARTS) is 3. The van der Waals surface area contributed by atoms with Gasteiger partial charge in [-0.05, 0) is 25.5 Å². The van der Waals surface area contributed by atoms with Gasteiger partial charge in [0.1, 0.15) is 0 Å². The highest BCUT2D eigenvalue weighted by atomic mass is 16.4. The Bertz CT molecular complexity index is 1190. The Labute approximate surface area is 262 Å². The zero-order valence-corrected chi connectivity index (χ0v) is 26.2. The van der Waals surface area contributed by atoms with E-state index in [9.17, 15) is 50.1 Å². The lowest BCUT2D eigenvalue weighted by atomic mass is 9.76. The van der Waals surface area contributed by atoms with Crippen LogP contribution in [-0.4, -0.2) is 111 Å². The predicted octanol–water partition coefficient (Wildman–Crippen LogP) is 0.921. The molecule has 45 heavy (non-hydrogen) atoms. The van der Waals surface area contributed by atoms with Gasteiger partial charge in [-0.15, -0.1) is 0 Å². The maximum Gasteiger partial charge on any atom is 0.335 e. The van der Waals surface area contributed by atoms with Crippen LogP contribution in [0.3, 0.4) is 0 Å². The van der Waals surface area contributed by atoms with Crippen molar-refractivity contribution >= 4 is 17.9 Å². The van der Waals surface area contributed by atoms with Crippen LogP contribution >= 0.6 is 0 Å². The van der Waals surface area contributed by atoms with Crippen molar-refractivity contribution in [1.29, 1.82) is 0 Å². The molecular weight excluding hydrogens is 592 g/mol. The van der Waals surface area contributed by atoms with Gasteiger partial charge < -0.3 is 51.1 Å². The zero-order valence-electron chi connectivity index (χ0n) is 26.2. The number of hydrogen-bond donors (Lipinski definition) is 10. The highest BCUT2D eigenvalue weighted by Gasteiger charge is 2.47. The molecule has 1 saturated carbocycles. The molecular formula is C32H48O13. The van der Waals surface area contributed by atoms with E-state index in [1.54, 1.807) is 26.8 Å². The summed E-state index contributed by atoms with van der Waals surface area (Å²) in [7, 11) is 0. The van der Waals surface area contributed by atoms with Gasteiger partial charge >= 0.3 is 17.9 Å². The van der Waals surface area contributed by atoms with Crippen molar-refractivity contribution in [2.45, 2.75) is 103 Å². The molecule has 13 nitrogen and oxygen atoms in total. The Hall–Kier alpha value is -3.17. The van der Waals surface area contributed by atoms with Crippen LogP contribution in [0.25, 0.3) is 0 Å². The number of carbonyl (C=O) groups is 3. The number of carboxylic acids is 3.